The van der Waals surface area contributed by atoms with E-state index in [0.29, 0.717) is 51.3 Å². The highest BCUT2D eigenvalue weighted by Crippen LogP contribution is 2.52. The van der Waals surface area contributed by atoms with Crippen LogP contribution in [-0.4, -0.2) is 43.6 Å². The molecule has 0 bridgehead atoms. The maximum Gasteiger partial charge on any atom is 0.494 e. The fraction of sp³-hybridized carbons (Fsp3) is 0.0822. The Labute approximate surface area is 525 Å². The van der Waals surface area contributed by atoms with Crippen LogP contribution >= 0.6 is 11.3 Å². The molecule has 1 fully saturated rings. The zero-order chi connectivity index (χ0) is 61.6. The lowest BCUT2D eigenvalue weighted by Crippen LogP contribution is -2.46. The monoisotopic (exact) mass is 1250 g/mol. The minimum absolute atomic E-state index is 0.0510. The standard InChI is InChI=1S/C73H52BN3O9S4/c1-72(2)73(3,86-74(85-72)51-31-37-54(38-32-51)76-59-16-6-11-21-67(59)89(81,82)68-22-12-7-17-60(68)76)45-46-24-41-62-70(42-46)90(83,84)69-23-13-8-18-61(69)77(62)53-35-27-48(28-36-53)50-30-40-56-64(44-50)87-63-43-49(29-39-55(63)71(56)78)47-25-33-52(34-26-47)75-57-14-4-9-19-65(57)88(79,80)66-20-10-5-15-58(66)75/h4-44H,45H2,1-3H3. The van der Waals surface area contributed by atoms with Crippen LogP contribution in [-0.2, 0) is 45.2 Å². The summed E-state index contributed by atoms with van der Waals surface area (Å²) in [6, 6.07) is 76.4. The normalized spacial score (nSPS) is 17.9. The summed E-state index contributed by atoms with van der Waals surface area (Å²) in [6.45, 7) is 5.95. The van der Waals surface area contributed by atoms with Gasteiger partial charge in [-0.2, -0.15) is 0 Å². The zero-order valence-corrected chi connectivity index (χ0v) is 51.9. The molecule has 0 spiro atoms. The second kappa shape index (κ2) is 20.3. The van der Waals surface area contributed by atoms with E-state index in [-0.39, 0.29) is 34.8 Å². The van der Waals surface area contributed by atoms with Gasteiger partial charge in [-0.15, -0.1) is 11.3 Å². The van der Waals surface area contributed by atoms with Crippen LogP contribution in [0.15, 0.2) is 283 Å². The van der Waals surface area contributed by atoms with Gasteiger partial charge in [-0.25, -0.2) is 25.3 Å². The number of para-hydroxylation sites is 5. The minimum Gasteiger partial charge on any atom is -0.399 e. The molecule has 0 saturated carbocycles. The highest BCUT2D eigenvalue weighted by atomic mass is 32.2. The largest absolute Gasteiger partial charge is 0.494 e. The first-order valence-electron chi connectivity index (χ1n) is 29.3. The van der Waals surface area contributed by atoms with E-state index in [0.717, 1.165) is 59.7 Å². The summed E-state index contributed by atoms with van der Waals surface area (Å²) in [5, 5.41) is 1.26. The Balaban J connectivity index is 0.665. The van der Waals surface area contributed by atoms with Crippen LogP contribution in [0, 0.1) is 0 Å². The Kier molecular flexibility index (Phi) is 12.6. The van der Waals surface area contributed by atoms with Crippen molar-refractivity contribution in [2.24, 2.45) is 0 Å². The van der Waals surface area contributed by atoms with Crippen molar-refractivity contribution in [3.63, 3.8) is 0 Å². The van der Waals surface area contributed by atoms with Crippen LogP contribution in [0.5, 0.6) is 0 Å². The molecular formula is C73H52BN3O9S4. The van der Waals surface area contributed by atoms with E-state index < -0.39 is 47.8 Å². The predicted octanol–water partition coefficient (Wildman–Crippen LogP) is 16.1. The fourth-order valence-electron chi connectivity index (χ4n) is 13.2. The van der Waals surface area contributed by atoms with Crippen molar-refractivity contribution in [2.45, 2.75) is 67.8 Å². The molecule has 440 valence electrons. The van der Waals surface area contributed by atoms with Gasteiger partial charge in [0.05, 0.1) is 74.7 Å². The van der Waals surface area contributed by atoms with Crippen molar-refractivity contribution in [3.05, 3.63) is 265 Å². The Morgan fingerprint density at radius 1 is 0.378 bits per heavy atom. The molecule has 16 rings (SSSR count). The van der Waals surface area contributed by atoms with E-state index in [1.54, 1.807) is 78.1 Å². The first kappa shape index (κ1) is 55.8. The van der Waals surface area contributed by atoms with Crippen LogP contribution < -0.4 is 25.6 Å². The Hall–Kier alpha value is -9.46. The summed E-state index contributed by atoms with van der Waals surface area (Å²) in [4.78, 5) is 21.4. The van der Waals surface area contributed by atoms with Gasteiger partial charge in [0.1, 0.15) is 0 Å². The lowest BCUT2D eigenvalue weighted by molar-refractivity contribution is -0.00880. The highest BCUT2D eigenvalue weighted by molar-refractivity contribution is 7.92. The van der Waals surface area contributed by atoms with Crippen molar-refractivity contribution in [3.8, 4) is 22.3 Å². The molecule has 5 heterocycles. The van der Waals surface area contributed by atoms with Crippen LogP contribution in [0.3, 0.4) is 0 Å². The molecule has 0 aliphatic carbocycles. The molecule has 0 N–H and O–H groups in total. The predicted molar refractivity (Wildman–Crippen MR) is 357 cm³/mol. The Bertz CT molecular complexity index is 5340. The molecule has 11 aromatic carbocycles. The first-order chi connectivity index (χ1) is 43.4. The van der Waals surface area contributed by atoms with Crippen molar-refractivity contribution >= 4 is 125 Å². The van der Waals surface area contributed by atoms with E-state index in [2.05, 4.69) is 12.1 Å². The van der Waals surface area contributed by atoms with Gasteiger partial charge < -0.3 is 24.0 Å². The molecule has 1 unspecified atom stereocenters. The third-order valence-corrected chi connectivity index (χ3v) is 24.8. The third-order valence-electron chi connectivity index (χ3n) is 18.1. The topological polar surface area (TPSA) is 148 Å². The lowest BCUT2D eigenvalue weighted by Gasteiger charge is -2.37. The summed E-state index contributed by atoms with van der Waals surface area (Å²) < 4.78 is 99.4. The van der Waals surface area contributed by atoms with Gasteiger partial charge in [0.25, 0.3) is 0 Å². The molecule has 12 aromatic rings. The summed E-state index contributed by atoms with van der Waals surface area (Å²) in [5.74, 6) is 0. The van der Waals surface area contributed by atoms with Crippen LogP contribution in [0.1, 0.15) is 26.3 Å². The second-order valence-corrected chi connectivity index (χ2v) is 30.4. The van der Waals surface area contributed by atoms with Gasteiger partial charge in [0.15, 0.2) is 5.43 Å². The van der Waals surface area contributed by atoms with Crippen molar-refractivity contribution < 1.29 is 34.6 Å². The molecule has 90 heavy (non-hydrogen) atoms. The number of hydrogen-bond donors (Lipinski definition) is 0. The molecular weight excluding hydrogens is 1200 g/mol. The summed E-state index contributed by atoms with van der Waals surface area (Å²) in [7, 11) is -12.2. The van der Waals surface area contributed by atoms with E-state index in [4.69, 9.17) is 9.31 Å². The van der Waals surface area contributed by atoms with E-state index in [9.17, 15) is 30.0 Å². The SMILES string of the molecule is CC1(C)OB(c2ccc(N3c4ccccc4S(=O)(=O)c4ccccc43)cc2)OC1(C)Cc1ccc2c(c1)S(=O)(=O)c1ccccc1N2c1ccc(-c2ccc3c(=O)c4ccc(-c5ccc(N6c7ccccc7S(=O)(=O)c7ccccc76)cc5)cc4sc3c2)cc1. The number of hydrogen-bond acceptors (Lipinski definition) is 13. The number of sulfone groups is 3. The molecule has 0 radical (unpaired) electrons. The minimum atomic E-state index is -3.99. The summed E-state index contributed by atoms with van der Waals surface area (Å²) in [6.07, 6.45) is 0.332. The smallest absolute Gasteiger partial charge is 0.399 e. The number of nitrogens with zero attached hydrogens (tertiary/aromatic N) is 3. The average molecular weight is 1250 g/mol. The van der Waals surface area contributed by atoms with Gasteiger partial charge in [-0.3, -0.25) is 4.79 Å². The molecule has 0 amide bonds. The maximum absolute atomic E-state index is 14.8. The molecule has 4 aliphatic heterocycles. The molecule has 12 nitrogen and oxygen atoms in total. The van der Waals surface area contributed by atoms with E-state index >= 15 is 0 Å². The second-order valence-electron chi connectivity index (χ2n) is 23.7. The van der Waals surface area contributed by atoms with Crippen molar-refractivity contribution in [2.75, 3.05) is 14.7 Å². The van der Waals surface area contributed by atoms with E-state index in [1.165, 1.54) is 0 Å². The fourth-order valence-corrected chi connectivity index (χ4v) is 19.2. The Morgan fingerprint density at radius 3 is 1.12 bits per heavy atom. The number of anilines is 9. The lowest BCUT2D eigenvalue weighted by atomic mass is 9.79. The molecule has 17 heteroatoms. The van der Waals surface area contributed by atoms with Gasteiger partial charge in [-0.1, -0.05) is 115 Å². The van der Waals surface area contributed by atoms with Gasteiger partial charge in [0.2, 0.25) is 29.5 Å². The average Bonchev–Trinajstić information content (AvgIpc) is 0.934. The molecule has 1 saturated heterocycles. The van der Waals surface area contributed by atoms with Crippen LogP contribution in [0.2, 0.25) is 0 Å². The zero-order valence-electron chi connectivity index (χ0n) is 48.6. The first-order valence-corrected chi connectivity index (χ1v) is 34.6. The van der Waals surface area contributed by atoms with Gasteiger partial charge >= 0.3 is 7.12 Å². The molecule has 1 atom stereocenters. The van der Waals surface area contributed by atoms with Crippen LogP contribution in [0.4, 0.5) is 51.2 Å². The van der Waals surface area contributed by atoms with Gasteiger partial charge in [-0.05, 0) is 188 Å². The van der Waals surface area contributed by atoms with Crippen molar-refractivity contribution in [1.29, 1.82) is 0 Å². The number of fused-ring (bicyclic) bond motifs is 8. The third kappa shape index (κ3) is 8.59. The van der Waals surface area contributed by atoms with Crippen molar-refractivity contribution in [1.82, 2.24) is 0 Å². The maximum atomic E-state index is 14.8. The summed E-state index contributed by atoms with van der Waals surface area (Å²) >= 11 is 1.55. The number of rotatable bonds is 8. The molecule has 4 aliphatic rings. The highest BCUT2D eigenvalue weighted by Gasteiger charge is 2.55. The van der Waals surface area contributed by atoms with Crippen LogP contribution in [0.25, 0.3) is 42.4 Å². The molecule has 1 aromatic heterocycles. The van der Waals surface area contributed by atoms with Gasteiger partial charge in [0, 0.05) is 43.7 Å². The Morgan fingerprint density at radius 2 is 0.722 bits per heavy atom. The van der Waals surface area contributed by atoms with E-state index in [1.807, 2.05) is 205 Å². The number of benzene rings is 11. The quantitative estimate of drug-likeness (QED) is 0.105. The summed E-state index contributed by atoms with van der Waals surface area (Å²) in [5.41, 5.74) is 9.14.